The number of benzene rings is 1. The Morgan fingerprint density at radius 2 is 1.92 bits per heavy atom. The van der Waals surface area contributed by atoms with Crippen molar-refractivity contribution in [2.45, 2.75) is 6.54 Å². The van der Waals surface area contributed by atoms with Crippen molar-refractivity contribution in [3.05, 3.63) is 68.8 Å². The first kappa shape index (κ1) is 17.6. The van der Waals surface area contributed by atoms with Gasteiger partial charge in [0.1, 0.15) is 5.82 Å². The Hall–Kier alpha value is -2.18. The molecule has 1 fully saturated rings. The largest absolute Gasteiger partial charge is 0.336 e. The molecule has 0 bridgehead atoms. The smallest absolute Gasteiger partial charge is 0.254 e. The van der Waals surface area contributed by atoms with Crippen molar-refractivity contribution < 1.29 is 9.18 Å². The highest BCUT2D eigenvalue weighted by Crippen LogP contribution is 2.21. The third kappa shape index (κ3) is 3.91. The summed E-state index contributed by atoms with van der Waals surface area (Å²) in [6, 6.07) is 7.66. The summed E-state index contributed by atoms with van der Waals surface area (Å²) in [5.41, 5.74) is 0.669. The highest BCUT2D eigenvalue weighted by Gasteiger charge is 2.23. The van der Waals surface area contributed by atoms with Crippen LogP contribution < -0.4 is 5.56 Å². The number of aryl methyl sites for hydroxylation is 1. The summed E-state index contributed by atoms with van der Waals surface area (Å²) in [7, 11) is 1.64. The van der Waals surface area contributed by atoms with E-state index in [1.807, 2.05) is 0 Å². The Morgan fingerprint density at radius 3 is 2.56 bits per heavy atom. The first-order valence-electron chi connectivity index (χ1n) is 8.07. The number of carbonyl (C=O) groups excluding carboxylic acids is 1. The number of pyridine rings is 1. The Morgan fingerprint density at radius 1 is 1.20 bits per heavy atom. The van der Waals surface area contributed by atoms with Gasteiger partial charge in [0.2, 0.25) is 0 Å². The molecule has 0 unspecified atom stereocenters. The molecule has 25 heavy (non-hydrogen) atoms. The average molecular weight is 364 g/mol. The lowest BCUT2D eigenvalue weighted by atomic mass is 10.1. The molecule has 7 heteroatoms. The van der Waals surface area contributed by atoms with Crippen molar-refractivity contribution in [3.8, 4) is 0 Å². The number of halogens is 2. The number of carbonyl (C=O) groups is 1. The zero-order valence-corrected chi connectivity index (χ0v) is 14.7. The predicted octanol–water partition coefficient (Wildman–Crippen LogP) is 2.14. The van der Waals surface area contributed by atoms with Crippen molar-refractivity contribution in [2.75, 3.05) is 26.2 Å². The summed E-state index contributed by atoms with van der Waals surface area (Å²) in [6.45, 7) is 2.72. The van der Waals surface area contributed by atoms with Crippen LogP contribution in [0.15, 0.2) is 41.3 Å². The van der Waals surface area contributed by atoms with E-state index in [0.717, 1.165) is 0 Å². The van der Waals surface area contributed by atoms with Crippen LogP contribution in [0.4, 0.5) is 4.39 Å². The van der Waals surface area contributed by atoms with E-state index in [9.17, 15) is 14.0 Å². The summed E-state index contributed by atoms with van der Waals surface area (Å²) >= 11 is 6.07. The predicted molar refractivity (Wildman–Crippen MR) is 94.3 cm³/mol. The zero-order chi connectivity index (χ0) is 18.0. The Balaban J connectivity index is 1.62. The molecule has 132 valence electrons. The summed E-state index contributed by atoms with van der Waals surface area (Å²) in [5.74, 6) is -0.465. The number of nitrogens with zero attached hydrogens (tertiary/aromatic N) is 3. The highest BCUT2D eigenvalue weighted by molar-refractivity contribution is 6.31. The molecule has 0 radical (unpaired) electrons. The van der Waals surface area contributed by atoms with Gasteiger partial charge < -0.3 is 9.47 Å². The molecule has 0 atom stereocenters. The molecule has 1 aliphatic heterocycles. The van der Waals surface area contributed by atoms with Gasteiger partial charge in [-0.15, -0.1) is 0 Å². The third-order valence-corrected chi connectivity index (χ3v) is 4.81. The molecule has 1 aromatic carbocycles. The Kier molecular flexibility index (Phi) is 5.20. The Bertz CT molecular complexity index is 824. The minimum atomic E-state index is -0.314. The molecule has 1 amide bonds. The number of aromatic nitrogens is 1. The minimum Gasteiger partial charge on any atom is -0.336 e. The van der Waals surface area contributed by atoms with Crippen LogP contribution in [0, 0.1) is 5.82 Å². The lowest BCUT2D eigenvalue weighted by Crippen LogP contribution is -2.48. The van der Waals surface area contributed by atoms with E-state index in [2.05, 4.69) is 4.90 Å². The molecule has 1 aliphatic rings. The van der Waals surface area contributed by atoms with Gasteiger partial charge >= 0.3 is 0 Å². The van der Waals surface area contributed by atoms with E-state index in [1.54, 1.807) is 36.3 Å². The van der Waals surface area contributed by atoms with Crippen LogP contribution in [0.3, 0.4) is 0 Å². The van der Waals surface area contributed by atoms with Gasteiger partial charge in [-0.1, -0.05) is 17.7 Å². The fourth-order valence-corrected chi connectivity index (χ4v) is 3.10. The molecule has 1 aromatic heterocycles. The molecule has 1 saturated heterocycles. The lowest BCUT2D eigenvalue weighted by Gasteiger charge is -2.35. The van der Waals surface area contributed by atoms with E-state index >= 15 is 0 Å². The molecule has 0 aliphatic carbocycles. The maximum absolute atomic E-state index is 13.9. The van der Waals surface area contributed by atoms with Gasteiger partial charge in [0.15, 0.2) is 0 Å². The molecule has 0 saturated carbocycles. The van der Waals surface area contributed by atoms with Crippen LogP contribution in [0.25, 0.3) is 0 Å². The monoisotopic (exact) mass is 363 g/mol. The van der Waals surface area contributed by atoms with Crippen molar-refractivity contribution in [3.63, 3.8) is 0 Å². The Labute approximate surface area is 150 Å². The number of rotatable bonds is 3. The van der Waals surface area contributed by atoms with Crippen LogP contribution in [0.1, 0.15) is 15.9 Å². The molecular weight excluding hydrogens is 345 g/mol. The first-order chi connectivity index (χ1) is 12.0. The van der Waals surface area contributed by atoms with Gasteiger partial charge in [0.25, 0.3) is 11.5 Å². The van der Waals surface area contributed by atoms with E-state index < -0.39 is 0 Å². The second-order valence-electron chi connectivity index (χ2n) is 6.13. The van der Waals surface area contributed by atoms with Gasteiger partial charge in [-0.05, 0) is 18.2 Å². The quantitative estimate of drug-likeness (QED) is 0.839. The summed E-state index contributed by atoms with van der Waals surface area (Å²) < 4.78 is 15.3. The van der Waals surface area contributed by atoms with Gasteiger partial charge in [-0.3, -0.25) is 14.5 Å². The van der Waals surface area contributed by atoms with Crippen molar-refractivity contribution in [1.29, 1.82) is 0 Å². The molecular formula is C18H19ClFN3O2. The second kappa shape index (κ2) is 7.37. The van der Waals surface area contributed by atoms with Gasteiger partial charge in [-0.2, -0.15) is 0 Å². The van der Waals surface area contributed by atoms with Crippen molar-refractivity contribution >= 4 is 17.5 Å². The molecule has 5 nitrogen and oxygen atoms in total. The maximum Gasteiger partial charge on any atom is 0.254 e. The zero-order valence-electron chi connectivity index (χ0n) is 13.9. The maximum atomic E-state index is 13.9. The molecule has 2 heterocycles. The van der Waals surface area contributed by atoms with E-state index in [-0.39, 0.29) is 17.3 Å². The third-order valence-electron chi connectivity index (χ3n) is 4.45. The van der Waals surface area contributed by atoms with E-state index in [1.165, 1.54) is 16.7 Å². The number of hydrogen-bond acceptors (Lipinski definition) is 3. The van der Waals surface area contributed by atoms with Crippen LogP contribution in [-0.4, -0.2) is 46.5 Å². The van der Waals surface area contributed by atoms with Crippen LogP contribution in [0.5, 0.6) is 0 Å². The SMILES string of the molecule is Cn1ccc(C(=O)N2CCN(Cc3c(F)cccc3Cl)CC2)cc1=O. The minimum absolute atomic E-state index is 0.152. The summed E-state index contributed by atoms with van der Waals surface area (Å²) in [5, 5.41) is 0.415. The molecule has 3 rings (SSSR count). The fraction of sp³-hybridized carbons (Fsp3) is 0.333. The van der Waals surface area contributed by atoms with Crippen molar-refractivity contribution in [1.82, 2.24) is 14.4 Å². The molecule has 0 spiro atoms. The summed E-state index contributed by atoms with van der Waals surface area (Å²) in [4.78, 5) is 28.0. The normalized spacial score (nSPS) is 15.4. The number of piperazine rings is 1. The summed E-state index contributed by atoms with van der Waals surface area (Å²) in [6.07, 6.45) is 1.59. The lowest BCUT2D eigenvalue weighted by molar-refractivity contribution is 0.0626. The van der Waals surface area contributed by atoms with Gasteiger partial charge in [0, 0.05) is 68.2 Å². The van der Waals surface area contributed by atoms with Crippen LogP contribution in [-0.2, 0) is 13.6 Å². The number of hydrogen-bond donors (Lipinski definition) is 0. The molecule has 0 N–H and O–H groups in total. The standard InChI is InChI=1S/C18H19ClFN3O2/c1-21-6-5-13(11-17(21)24)18(25)23-9-7-22(8-10-23)12-14-15(19)3-2-4-16(14)20/h2-6,11H,7-10,12H2,1H3. The van der Waals surface area contributed by atoms with E-state index in [0.29, 0.717) is 48.9 Å². The van der Waals surface area contributed by atoms with Gasteiger partial charge in [0.05, 0.1) is 0 Å². The fourth-order valence-electron chi connectivity index (χ4n) is 2.88. The second-order valence-corrected chi connectivity index (χ2v) is 6.54. The average Bonchev–Trinajstić information content (AvgIpc) is 2.61. The first-order valence-corrected chi connectivity index (χ1v) is 8.44. The number of amides is 1. The van der Waals surface area contributed by atoms with E-state index in [4.69, 9.17) is 11.6 Å². The van der Waals surface area contributed by atoms with Crippen LogP contribution in [0.2, 0.25) is 5.02 Å². The highest BCUT2D eigenvalue weighted by atomic mass is 35.5. The molecule has 2 aromatic rings. The van der Waals surface area contributed by atoms with Crippen LogP contribution >= 0.6 is 11.6 Å². The topological polar surface area (TPSA) is 45.6 Å². The van der Waals surface area contributed by atoms with Crippen molar-refractivity contribution in [2.24, 2.45) is 7.05 Å². The van der Waals surface area contributed by atoms with Gasteiger partial charge in [-0.25, -0.2) is 4.39 Å².